The topological polar surface area (TPSA) is 105 Å². The van der Waals surface area contributed by atoms with Crippen LogP contribution in [0, 0.1) is 20.8 Å². The van der Waals surface area contributed by atoms with Crippen LogP contribution in [0.3, 0.4) is 0 Å². The lowest BCUT2D eigenvalue weighted by atomic mass is 10.1. The van der Waals surface area contributed by atoms with Gasteiger partial charge in [0.05, 0.1) is 9.92 Å². The van der Waals surface area contributed by atoms with E-state index in [-0.39, 0.29) is 36.0 Å². The number of rotatable bonds is 10. The first kappa shape index (κ1) is 25.4. The molecule has 170 valence electrons. The zero-order valence-electron chi connectivity index (χ0n) is 17.5. The number of ether oxygens (including phenoxy) is 1. The van der Waals surface area contributed by atoms with Gasteiger partial charge in [-0.3, -0.25) is 4.79 Å². The lowest BCUT2D eigenvalue weighted by molar-refractivity contribution is -0.121. The molecule has 0 bridgehead atoms. The average molecular weight is 489 g/mol. The van der Waals surface area contributed by atoms with Crippen LogP contribution in [-0.4, -0.2) is 45.2 Å². The molecule has 0 heterocycles. The van der Waals surface area contributed by atoms with Crippen LogP contribution in [0.1, 0.15) is 23.1 Å². The zero-order valence-corrected chi connectivity index (χ0v) is 19.9. The summed E-state index contributed by atoms with van der Waals surface area (Å²) in [5.74, 6) is -0.0736. The van der Waals surface area contributed by atoms with E-state index in [2.05, 4.69) is 10.0 Å². The molecule has 7 nitrogen and oxygen atoms in total. The summed E-state index contributed by atoms with van der Waals surface area (Å²) in [6.45, 7) is 5.16. The lowest BCUT2D eigenvalue weighted by Gasteiger charge is -2.15. The minimum Gasteiger partial charge on any atom is -0.489 e. The van der Waals surface area contributed by atoms with Gasteiger partial charge in [0.15, 0.2) is 0 Å². The molecule has 0 radical (unpaired) electrons. The van der Waals surface area contributed by atoms with Crippen molar-refractivity contribution in [3.8, 4) is 5.75 Å². The third kappa shape index (κ3) is 7.36. The molecule has 0 spiro atoms. The number of hydrogen-bond donors (Lipinski definition) is 3. The highest BCUT2D eigenvalue weighted by Crippen LogP contribution is 2.31. The lowest BCUT2D eigenvalue weighted by Crippen LogP contribution is -2.37. The predicted molar refractivity (Wildman–Crippen MR) is 121 cm³/mol. The summed E-state index contributed by atoms with van der Waals surface area (Å²) in [5, 5.41) is 13.1. The molecule has 2 aromatic rings. The minimum absolute atomic E-state index is 0.0556. The molecule has 0 aliphatic carbocycles. The normalized spacial score (nSPS) is 12.5. The smallest absolute Gasteiger partial charge is 0.241 e. The van der Waals surface area contributed by atoms with Gasteiger partial charge in [0.25, 0.3) is 0 Å². The maximum absolute atomic E-state index is 12.6. The second-order valence-corrected chi connectivity index (χ2v) is 9.69. The summed E-state index contributed by atoms with van der Waals surface area (Å²) in [5.41, 5.74) is 2.28. The second-order valence-electron chi connectivity index (χ2n) is 7.20. The van der Waals surface area contributed by atoms with Crippen molar-refractivity contribution < 1.29 is 23.1 Å². The highest BCUT2D eigenvalue weighted by molar-refractivity contribution is 7.89. The Bertz CT molecular complexity index is 1020. The van der Waals surface area contributed by atoms with Crippen LogP contribution >= 0.6 is 23.2 Å². The standard InChI is InChI=1S/C21H26Cl2N2O5S/c1-13-9-14(2)21(15(3)10-13)31(28,29)25-8-7-19(27)24-11-16(26)12-30-18-6-4-5-17(22)20(18)23/h4-6,9-10,16,25-26H,7-8,11-12H2,1-3H3,(H,24,27). The van der Waals surface area contributed by atoms with Crippen molar-refractivity contribution in [2.24, 2.45) is 0 Å². The van der Waals surface area contributed by atoms with E-state index < -0.39 is 22.0 Å². The molecule has 0 aliphatic heterocycles. The van der Waals surface area contributed by atoms with E-state index in [1.165, 1.54) is 0 Å². The van der Waals surface area contributed by atoms with Crippen molar-refractivity contribution in [3.63, 3.8) is 0 Å². The van der Waals surface area contributed by atoms with Crippen LogP contribution in [-0.2, 0) is 14.8 Å². The fourth-order valence-electron chi connectivity index (χ4n) is 3.12. The van der Waals surface area contributed by atoms with Crippen LogP contribution in [0.25, 0.3) is 0 Å². The fourth-order valence-corrected chi connectivity index (χ4v) is 4.95. The summed E-state index contributed by atoms with van der Waals surface area (Å²) in [6, 6.07) is 8.49. The molecule has 2 aromatic carbocycles. The third-order valence-corrected chi connectivity index (χ3v) is 6.97. The Balaban J connectivity index is 1.77. The van der Waals surface area contributed by atoms with Crippen molar-refractivity contribution in [3.05, 3.63) is 57.1 Å². The van der Waals surface area contributed by atoms with Gasteiger partial charge in [0.1, 0.15) is 23.5 Å². The van der Waals surface area contributed by atoms with Crippen LogP contribution in [0.2, 0.25) is 10.0 Å². The van der Waals surface area contributed by atoms with Crippen LogP contribution in [0.5, 0.6) is 5.75 Å². The number of carbonyl (C=O) groups is 1. The molecule has 1 unspecified atom stereocenters. The van der Waals surface area contributed by atoms with Gasteiger partial charge < -0.3 is 15.2 Å². The molecule has 0 aromatic heterocycles. The molecule has 3 N–H and O–H groups in total. The molecular formula is C21H26Cl2N2O5S. The van der Waals surface area contributed by atoms with E-state index in [0.29, 0.717) is 21.9 Å². The number of sulfonamides is 1. The van der Waals surface area contributed by atoms with E-state index in [4.69, 9.17) is 27.9 Å². The number of halogens is 2. The second kappa shape index (κ2) is 11.2. The highest BCUT2D eigenvalue weighted by atomic mass is 35.5. The molecule has 10 heteroatoms. The molecule has 1 amide bonds. The van der Waals surface area contributed by atoms with Gasteiger partial charge in [-0.25, -0.2) is 13.1 Å². The molecule has 2 rings (SSSR count). The number of benzene rings is 2. The predicted octanol–water partition coefficient (Wildman–Crippen LogP) is 3.14. The molecule has 0 saturated carbocycles. The average Bonchev–Trinajstić information content (AvgIpc) is 2.66. The number of nitrogens with one attached hydrogen (secondary N) is 2. The number of aliphatic hydroxyl groups excluding tert-OH is 1. The highest BCUT2D eigenvalue weighted by Gasteiger charge is 2.20. The maximum atomic E-state index is 12.6. The Kier molecular flexibility index (Phi) is 9.14. The van der Waals surface area contributed by atoms with Crippen molar-refractivity contribution in [1.82, 2.24) is 10.0 Å². The minimum atomic E-state index is -3.73. The summed E-state index contributed by atoms with van der Waals surface area (Å²) in [7, 11) is -3.73. The number of amides is 1. The number of hydrogen-bond acceptors (Lipinski definition) is 5. The zero-order chi connectivity index (χ0) is 23.2. The van der Waals surface area contributed by atoms with Gasteiger partial charge in [-0.1, -0.05) is 47.0 Å². The van der Waals surface area contributed by atoms with Crippen molar-refractivity contribution in [2.75, 3.05) is 19.7 Å². The van der Waals surface area contributed by atoms with Gasteiger partial charge in [0.2, 0.25) is 15.9 Å². The number of carbonyl (C=O) groups excluding carboxylic acids is 1. The SMILES string of the molecule is Cc1cc(C)c(S(=O)(=O)NCCC(=O)NCC(O)COc2cccc(Cl)c2Cl)c(C)c1. The summed E-state index contributed by atoms with van der Waals surface area (Å²) >= 11 is 11.9. The fraction of sp³-hybridized carbons (Fsp3) is 0.381. The van der Waals surface area contributed by atoms with E-state index >= 15 is 0 Å². The van der Waals surface area contributed by atoms with Crippen LogP contribution in [0.4, 0.5) is 0 Å². The Labute approximate surface area is 192 Å². The molecule has 0 fully saturated rings. The van der Waals surface area contributed by atoms with Gasteiger partial charge in [0, 0.05) is 19.5 Å². The number of aliphatic hydroxyl groups is 1. The van der Waals surface area contributed by atoms with Crippen molar-refractivity contribution in [1.29, 1.82) is 0 Å². The first-order valence-corrected chi connectivity index (χ1v) is 11.8. The Hall–Kier alpha value is -1.84. The molecule has 1 atom stereocenters. The molecule has 0 aliphatic rings. The first-order valence-electron chi connectivity index (χ1n) is 9.60. The first-order chi connectivity index (χ1) is 14.5. The van der Waals surface area contributed by atoms with Crippen molar-refractivity contribution in [2.45, 2.75) is 38.2 Å². The van der Waals surface area contributed by atoms with E-state index in [9.17, 15) is 18.3 Å². The quantitative estimate of drug-likeness (QED) is 0.476. The van der Waals surface area contributed by atoms with Crippen molar-refractivity contribution >= 4 is 39.1 Å². The summed E-state index contributed by atoms with van der Waals surface area (Å²) in [6.07, 6.45) is -1.05. The van der Waals surface area contributed by atoms with E-state index in [0.717, 1.165) is 5.56 Å². The van der Waals surface area contributed by atoms with Gasteiger partial charge >= 0.3 is 0 Å². The molecular weight excluding hydrogens is 463 g/mol. The largest absolute Gasteiger partial charge is 0.489 e. The number of aryl methyl sites for hydroxylation is 3. The van der Waals surface area contributed by atoms with Gasteiger partial charge in [-0.15, -0.1) is 0 Å². The Morgan fingerprint density at radius 1 is 1.16 bits per heavy atom. The van der Waals surface area contributed by atoms with Gasteiger partial charge in [-0.05, 0) is 44.0 Å². The van der Waals surface area contributed by atoms with Gasteiger partial charge in [-0.2, -0.15) is 0 Å². The van der Waals surface area contributed by atoms with Crippen LogP contribution in [0.15, 0.2) is 35.2 Å². The molecule has 0 saturated heterocycles. The summed E-state index contributed by atoms with van der Waals surface area (Å²) in [4.78, 5) is 12.2. The summed E-state index contributed by atoms with van der Waals surface area (Å²) < 4.78 is 33.0. The van der Waals surface area contributed by atoms with E-state index in [1.807, 2.05) is 6.92 Å². The maximum Gasteiger partial charge on any atom is 0.241 e. The van der Waals surface area contributed by atoms with Crippen LogP contribution < -0.4 is 14.8 Å². The Morgan fingerprint density at radius 3 is 2.45 bits per heavy atom. The Morgan fingerprint density at radius 2 is 1.81 bits per heavy atom. The monoisotopic (exact) mass is 488 g/mol. The third-order valence-electron chi connectivity index (χ3n) is 4.40. The van der Waals surface area contributed by atoms with E-state index in [1.54, 1.807) is 44.2 Å². The molecule has 31 heavy (non-hydrogen) atoms.